The maximum Gasteiger partial charge on any atom is 0.303 e. The van der Waals surface area contributed by atoms with Crippen molar-refractivity contribution in [2.24, 2.45) is 7.05 Å². The fraction of sp³-hybridized carbons (Fsp3) is 0.229. The Bertz CT molecular complexity index is 1900. The van der Waals surface area contributed by atoms with E-state index in [1.165, 1.54) is 12.1 Å². The van der Waals surface area contributed by atoms with Crippen molar-refractivity contribution in [3.05, 3.63) is 119 Å². The molecule has 0 atom stereocenters. The van der Waals surface area contributed by atoms with Crippen LogP contribution < -0.4 is 4.57 Å². The quantitative estimate of drug-likeness (QED) is 0.112. The fourth-order valence-electron chi connectivity index (χ4n) is 5.58. The molecule has 5 aromatic rings. The molecular weight excluding hydrogens is 560 g/mol. The molecule has 1 amide bonds. The number of benzene rings is 4. The summed E-state index contributed by atoms with van der Waals surface area (Å²) in [6, 6.07) is 29.9. The summed E-state index contributed by atoms with van der Waals surface area (Å²) in [4.78, 5) is 25.9. The van der Waals surface area contributed by atoms with Gasteiger partial charge in [0.1, 0.15) is 7.05 Å². The average molecular weight is 596 g/mol. The second kappa shape index (κ2) is 12.8. The van der Waals surface area contributed by atoms with Crippen molar-refractivity contribution in [2.45, 2.75) is 43.9 Å². The second-order valence-corrected chi connectivity index (χ2v) is 12.7. The Balaban J connectivity index is 1.70. The Morgan fingerprint density at radius 1 is 0.791 bits per heavy atom. The minimum absolute atomic E-state index is 0.00797. The van der Waals surface area contributed by atoms with Gasteiger partial charge in [0.15, 0.2) is 0 Å². The maximum absolute atomic E-state index is 14.8. The Kier molecular flexibility index (Phi) is 8.87. The number of aryl methyl sites for hydroxylation is 2. The van der Waals surface area contributed by atoms with Gasteiger partial charge in [-0.2, -0.15) is 4.57 Å². The molecule has 5 rings (SSSR count). The van der Waals surface area contributed by atoms with Crippen molar-refractivity contribution >= 4 is 43.7 Å². The third-order valence-electron chi connectivity index (χ3n) is 7.81. The van der Waals surface area contributed by atoms with Crippen LogP contribution in [0, 0.1) is 6.92 Å². The van der Waals surface area contributed by atoms with Gasteiger partial charge in [-0.3, -0.25) is 9.59 Å². The molecule has 0 aliphatic carbocycles. The van der Waals surface area contributed by atoms with Gasteiger partial charge in [0.05, 0.1) is 21.2 Å². The molecule has 1 aromatic heterocycles. The molecule has 0 radical (unpaired) electrons. The van der Waals surface area contributed by atoms with Crippen LogP contribution in [0.15, 0.2) is 102 Å². The Hall–Kier alpha value is -4.56. The maximum atomic E-state index is 14.8. The number of unbranched alkanes of at least 4 members (excludes halogenated alkanes) is 2. The van der Waals surface area contributed by atoms with Crippen LogP contribution in [0.4, 0.5) is 0 Å². The normalized spacial score (nSPS) is 11.6. The van der Waals surface area contributed by atoms with Crippen LogP contribution in [-0.4, -0.2) is 36.3 Å². The highest BCUT2D eigenvalue weighted by Gasteiger charge is 2.34. The molecule has 7 nitrogen and oxygen atoms in total. The summed E-state index contributed by atoms with van der Waals surface area (Å²) in [6.45, 7) is 1.81. The standard InChI is InChI=1S/C35H34N2O5S/c1-25-19-21-28(22-20-25)43(41,42)37(23-10-4-7-18-32(38)39)35(40)34-29-15-8-9-16-30(29)36(2)31-17-11-14-27(33(31)34)24-26-12-5-3-6-13-26/h3,5-6,8-9,11-17,19-22H,4,7,10,18,23-24H2,1-2H3/p+1. The zero-order chi connectivity index (χ0) is 30.6. The van der Waals surface area contributed by atoms with E-state index in [4.69, 9.17) is 5.11 Å². The van der Waals surface area contributed by atoms with Gasteiger partial charge in [0.25, 0.3) is 15.9 Å². The van der Waals surface area contributed by atoms with Gasteiger partial charge in [0.2, 0.25) is 11.0 Å². The smallest absolute Gasteiger partial charge is 0.303 e. The van der Waals surface area contributed by atoms with E-state index in [1.807, 2.05) is 91.3 Å². The van der Waals surface area contributed by atoms with Crippen LogP contribution in [0.2, 0.25) is 0 Å². The van der Waals surface area contributed by atoms with Gasteiger partial charge in [-0.1, -0.05) is 78.7 Å². The van der Waals surface area contributed by atoms with Gasteiger partial charge in [-0.25, -0.2) is 12.7 Å². The van der Waals surface area contributed by atoms with Crippen LogP contribution in [0.3, 0.4) is 0 Å². The fourth-order valence-corrected chi connectivity index (χ4v) is 7.00. The first kappa shape index (κ1) is 29.9. The first-order valence-corrected chi connectivity index (χ1v) is 15.8. The molecule has 220 valence electrons. The van der Waals surface area contributed by atoms with Crippen molar-refractivity contribution in [3.8, 4) is 0 Å². The van der Waals surface area contributed by atoms with Gasteiger partial charge < -0.3 is 5.11 Å². The number of carboxylic acids is 1. The molecule has 0 fully saturated rings. The molecule has 1 N–H and O–H groups in total. The minimum Gasteiger partial charge on any atom is -0.481 e. The molecule has 0 aliphatic rings. The Labute approximate surface area is 252 Å². The summed E-state index contributed by atoms with van der Waals surface area (Å²) < 4.78 is 31.3. The van der Waals surface area contributed by atoms with Crippen molar-refractivity contribution in [2.75, 3.05) is 6.54 Å². The molecule has 8 heteroatoms. The summed E-state index contributed by atoms with van der Waals surface area (Å²) in [5.74, 6) is -1.50. The molecule has 0 saturated carbocycles. The number of nitrogens with zero attached hydrogens (tertiary/aromatic N) is 2. The summed E-state index contributed by atoms with van der Waals surface area (Å²) in [5.41, 5.74) is 4.88. The molecular formula is C35H35N2O5S+. The number of sulfonamides is 1. The van der Waals surface area contributed by atoms with Crippen LogP contribution in [0.1, 0.15) is 52.7 Å². The SMILES string of the molecule is Cc1ccc(S(=O)(=O)N(CCCCCC(=O)O)C(=O)c2c3ccccc3[n+](C)c3cccc(Cc4ccccc4)c23)cc1. The largest absolute Gasteiger partial charge is 0.481 e. The zero-order valence-electron chi connectivity index (χ0n) is 24.4. The van der Waals surface area contributed by atoms with E-state index >= 15 is 0 Å². The Morgan fingerprint density at radius 2 is 1.47 bits per heavy atom. The van der Waals surface area contributed by atoms with E-state index in [0.29, 0.717) is 42.0 Å². The van der Waals surface area contributed by atoms with Crippen LogP contribution in [0.25, 0.3) is 21.8 Å². The third-order valence-corrected chi connectivity index (χ3v) is 9.61. The van der Waals surface area contributed by atoms with E-state index in [9.17, 15) is 18.0 Å². The first-order chi connectivity index (χ1) is 20.7. The highest BCUT2D eigenvalue weighted by molar-refractivity contribution is 7.89. The Morgan fingerprint density at radius 3 is 2.19 bits per heavy atom. The first-order valence-electron chi connectivity index (χ1n) is 14.4. The second-order valence-electron chi connectivity index (χ2n) is 10.8. The van der Waals surface area contributed by atoms with Gasteiger partial charge >= 0.3 is 5.97 Å². The predicted molar refractivity (Wildman–Crippen MR) is 167 cm³/mol. The third kappa shape index (κ3) is 6.29. The highest BCUT2D eigenvalue weighted by atomic mass is 32.2. The minimum atomic E-state index is -4.23. The van der Waals surface area contributed by atoms with Crippen molar-refractivity contribution in [3.63, 3.8) is 0 Å². The monoisotopic (exact) mass is 595 g/mol. The van der Waals surface area contributed by atoms with Crippen LogP contribution in [0.5, 0.6) is 0 Å². The molecule has 0 bridgehead atoms. The van der Waals surface area contributed by atoms with E-state index in [2.05, 4.69) is 0 Å². The molecule has 1 heterocycles. The lowest BCUT2D eigenvalue weighted by Crippen LogP contribution is -2.39. The van der Waals surface area contributed by atoms with E-state index < -0.39 is 21.9 Å². The average Bonchev–Trinajstić information content (AvgIpc) is 3.00. The molecule has 0 unspecified atom stereocenters. The number of aromatic nitrogens is 1. The van der Waals surface area contributed by atoms with Gasteiger partial charge in [-0.15, -0.1) is 0 Å². The number of hydrogen-bond acceptors (Lipinski definition) is 4. The summed E-state index contributed by atoms with van der Waals surface area (Å²) >= 11 is 0. The van der Waals surface area contributed by atoms with E-state index in [-0.39, 0.29) is 17.9 Å². The number of carboxylic acid groups (broad SMARTS) is 1. The molecule has 0 spiro atoms. The van der Waals surface area contributed by atoms with Crippen LogP contribution >= 0.6 is 0 Å². The summed E-state index contributed by atoms with van der Waals surface area (Å²) in [6.07, 6.45) is 1.78. The number of hydrogen-bond donors (Lipinski definition) is 1. The number of carbonyl (C=O) groups excluding carboxylic acids is 1. The lowest BCUT2D eigenvalue weighted by atomic mass is 9.94. The van der Waals surface area contributed by atoms with Gasteiger partial charge in [-0.05, 0) is 55.5 Å². The van der Waals surface area contributed by atoms with E-state index in [1.54, 1.807) is 12.1 Å². The lowest BCUT2D eigenvalue weighted by molar-refractivity contribution is -0.617. The number of para-hydroxylation sites is 1. The number of rotatable bonds is 11. The molecule has 43 heavy (non-hydrogen) atoms. The number of carbonyl (C=O) groups is 2. The van der Waals surface area contributed by atoms with Crippen molar-refractivity contribution in [1.29, 1.82) is 0 Å². The molecule has 4 aromatic carbocycles. The predicted octanol–water partition coefficient (Wildman–Crippen LogP) is 6.19. The highest BCUT2D eigenvalue weighted by Crippen LogP contribution is 2.32. The van der Waals surface area contributed by atoms with Crippen molar-refractivity contribution in [1.82, 2.24) is 4.31 Å². The topological polar surface area (TPSA) is 95.6 Å². The summed E-state index contributed by atoms with van der Waals surface area (Å²) in [7, 11) is -2.27. The van der Waals surface area contributed by atoms with E-state index in [0.717, 1.165) is 32.0 Å². The number of aliphatic carboxylic acids is 1. The molecule has 0 aliphatic heterocycles. The number of fused-ring (bicyclic) bond motifs is 2. The van der Waals surface area contributed by atoms with Gasteiger partial charge in [0, 0.05) is 25.1 Å². The van der Waals surface area contributed by atoms with Crippen molar-refractivity contribution < 1.29 is 27.7 Å². The molecule has 0 saturated heterocycles. The zero-order valence-corrected chi connectivity index (χ0v) is 25.2. The number of pyridine rings is 1. The number of amides is 1. The van der Waals surface area contributed by atoms with Crippen LogP contribution in [-0.2, 0) is 28.3 Å². The lowest BCUT2D eigenvalue weighted by Gasteiger charge is -2.24. The summed E-state index contributed by atoms with van der Waals surface area (Å²) in [5, 5.41) is 10.4.